The van der Waals surface area contributed by atoms with E-state index in [0.29, 0.717) is 18.7 Å². The molecule has 4 N–H and O–H groups in total. The molecule has 0 saturated carbocycles. The van der Waals surface area contributed by atoms with Crippen molar-refractivity contribution in [1.82, 2.24) is 4.72 Å². The minimum atomic E-state index is -3.54. The second-order valence-corrected chi connectivity index (χ2v) is 6.37. The van der Waals surface area contributed by atoms with Gasteiger partial charge in [-0.05, 0) is 50.6 Å². The number of nitrogens with one attached hydrogen (secondary N) is 2. The Balaban J connectivity index is 2.74. The maximum atomic E-state index is 12.1. The SMILES string of the molecule is CC(=O)Nc1ccc(S(=O)(=O)NC(C)CCCN)cc1. The highest BCUT2D eigenvalue weighted by Crippen LogP contribution is 2.14. The van der Waals surface area contributed by atoms with Crippen LogP contribution in [0.1, 0.15) is 26.7 Å². The highest BCUT2D eigenvalue weighted by Gasteiger charge is 2.16. The van der Waals surface area contributed by atoms with Gasteiger partial charge in [-0.25, -0.2) is 13.1 Å². The van der Waals surface area contributed by atoms with E-state index in [2.05, 4.69) is 10.0 Å². The Morgan fingerprint density at radius 3 is 2.40 bits per heavy atom. The van der Waals surface area contributed by atoms with Crippen molar-refractivity contribution in [3.05, 3.63) is 24.3 Å². The normalized spacial score (nSPS) is 12.9. The van der Waals surface area contributed by atoms with Crippen LogP contribution in [0.4, 0.5) is 5.69 Å². The maximum Gasteiger partial charge on any atom is 0.240 e. The van der Waals surface area contributed by atoms with Gasteiger partial charge in [0.15, 0.2) is 0 Å². The summed E-state index contributed by atoms with van der Waals surface area (Å²) in [5.41, 5.74) is 5.96. The van der Waals surface area contributed by atoms with Gasteiger partial charge in [-0.2, -0.15) is 0 Å². The summed E-state index contributed by atoms with van der Waals surface area (Å²) in [5, 5.41) is 2.58. The second kappa shape index (κ2) is 7.37. The van der Waals surface area contributed by atoms with Gasteiger partial charge in [-0.3, -0.25) is 4.79 Å². The molecule has 0 aromatic heterocycles. The van der Waals surface area contributed by atoms with Gasteiger partial charge in [0.2, 0.25) is 15.9 Å². The first-order valence-electron chi connectivity index (χ1n) is 6.45. The van der Waals surface area contributed by atoms with Crippen LogP contribution in [0.2, 0.25) is 0 Å². The molecule has 112 valence electrons. The van der Waals surface area contributed by atoms with Crippen molar-refractivity contribution in [1.29, 1.82) is 0 Å². The van der Waals surface area contributed by atoms with Crippen LogP contribution in [0.5, 0.6) is 0 Å². The van der Waals surface area contributed by atoms with Gasteiger partial charge in [-0.15, -0.1) is 0 Å². The molecule has 1 atom stereocenters. The van der Waals surface area contributed by atoms with Crippen LogP contribution in [0.15, 0.2) is 29.2 Å². The molecule has 0 spiro atoms. The third kappa shape index (κ3) is 5.28. The number of sulfonamides is 1. The molecule has 1 aromatic rings. The lowest BCUT2D eigenvalue weighted by Gasteiger charge is -2.14. The first-order chi connectivity index (χ1) is 9.35. The van der Waals surface area contributed by atoms with E-state index >= 15 is 0 Å². The summed E-state index contributed by atoms with van der Waals surface area (Å²) >= 11 is 0. The van der Waals surface area contributed by atoms with Crippen LogP contribution in [0.25, 0.3) is 0 Å². The number of carbonyl (C=O) groups excluding carboxylic acids is 1. The lowest BCUT2D eigenvalue weighted by atomic mass is 10.2. The zero-order valence-corrected chi connectivity index (χ0v) is 12.5. The molecule has 0 bridgehead atoms. The van der Waals surface area contributed by atoms with Crippen molar-refractivity contribution in [3.63, 3.8) is 0 Å². The Morgan fingerprint density at radius 1 is 1.30 bits per heavy atom. The molecule has 0 heterocycles. The molecular formula is C13H21N3O3S. The molecule has 0 aliphatic rings. The van der Waals surface area contributed by atoms with Crippen molar-refractivity contribution in [2.24, 2.45) is 5.73 Å². The predicted octanol–water partition coefficient (Wildman–Crippen LogP) is 1.05. The fourth-order valence-corrected chi connectivity index (χ4v) is 3.01. The summed E-state index contributed by atoms with van der Waals surface area (Å²) in [5.74, 6) is -0.200. The van der Waals surface area contributed by atoms with Gasteiger partial charge in [0.05, 0.1) is 4.90 Å². The fourth-order valence-electron chi connectivity index (χ4n) is 1.74. The second-order valence-electron chi connectivity index (χ2n) is 4.66. The van der Waals surface area contributed by atoms with E-state index in [-0.39, 0.29) is 16.8 Å². The van der Waals surface area contributed by atoms with Crippen LogP contribution >= 0.6 is 0 Å². The van der Waals surface area contributed by atoms with Gasteiger partial charge >= 0.3 is 0 Å². The molecular weight excluding hydrogens is 278 g/mol. The molecule has 0 saturated heterocycles. The lowest BCUT2D eigenvalue weighted by molar-refractivity contribution is -0.114. The average Bonchev–Trinajstić information content (AvgIpc) is 2.35. The summed E-state index contributed by atoms with van der Waals surface area (Å²) < 4.78 is 26.8. The predicted molar refractivity (Wildman–Crippen MR) is 78.8 cm³/mol. The van der Waals surface area contributed by atoms with E-state index in [4.69, 9.17) is 5.73 Å². The molecule has 0 aliphatic heterocycles. The fraction of sp³-hybridized carbons (Fsp3) is 0.462. The molecule has 1 aromatic carbocycles. The Hall–Kier alpha value is -1.44. The van der Waals surface area contributed by atoms with Gasteiger partial charge in [-0.1, -0.05) is 0 Å². The Kier molecular flexibility index (Phi) is 6.12. The van der Waals surface area contributed by atoms with Crippen molar-refractivity contribution in [2.45, 2.75) is 37.6 Å². The minimum Gasteiger partial charge on any atom is -0.330 e. The number of carbonyl (C=O) groups is 1. The third-order valence-corrected chi connectivity index (χ3v) is 4.29. The first kappa shape index (κ1) is 16.6. The zero-order valence-electron chi connectivity index (χ0n) is 11.7. The Bertz CT molecular complexity index is 540. The summed E-state index contributed by atoms with van der Waals surface area (Å²) in [6.07, 6.45) is 1.46. The van der Waals surface area contributed by atoms with Crippen LogP contribution < -0.4 is 15.8 Å². The Labute approximate surface area is 119 Å². The molecule has 0 aliphatic carbocycles. The number of hydrogen-bond donors (Lipinski definition) is 3. The van der Waals surface area contributed by atoms with E-state index < -0.39 is 10.0 Å². The summed E-state index contributed by atoms with van der Waals surface area (Å²) in [6, 6.07) is 5.87. The third-order valence-electron chi connectivity index (χ3n) is 2.68. The smallest absolute Gasteiger partial charge is 0.240 e. The van der Waals surface area contributed by atoms with Crippen molar-refractivity contribution < 1.29 is 13.2 Å². The van der Waals surface area contributed by atoms with E-state index in [0.717, 1.165) is 6.42 Å². The van der Waals surface area contributed by atoms with Crippen molar-refractivity contribution >= 4 is 21.6 Å². The first-order valence-corrected chi connectivity index (χ1v) is 7.93. The molecule has 6 nitrogen and oxygen atoms in total. The van der Waals surface area contributed by atoms with Crippen LogP contribution in [-0.2, 0) is 14.8 Å². The van der Waals surface area contributed by atoms with Crippen LogP contribution in [0, 0.1) is 0 Å². The highest BCUT2D eigenvalue weighted by atomic mass is 32.2. The number of nitrogens with two attached hydrogens (primary N) is 1. The van der Waals surface area contributed by atoms with Gasteiger partial charge in [0.1, 0.15) is 0 Å². The monoisotopic (exact) mass is 299 g/mol. The molecule has 0 radical (unpaired) electrons. The molecule has 20 heavy (non-hydrogen) atoms. The lowest BCUT2D eigenvalue weighted by Crippen LogP contribution is -2.32. The topological polar surface area (TPSA) is 101 Å². The number of amides is 1. The number of hydrogen-bond acceptors (Lipinski definition) is 4. The van der Waals surface area contributed by atoms with Gasteiger partial charge < -0.3 is 11.1 Å². The molecule has 1 rings (SSSR count). The standard InChI is InChI=1S/C13H21N3O3S/c1-10(4-3-9-14)16-20(18,19)13-7-5-12(6-8-13)15-11(2)17/h5-8,10,16H,3-4,9,14H2,1-2H3,(H,15,17). The highest BCUT2D eigenvalue weighted by molar-refractivity contribution is 7.89. The number of benzene rings is 1. The molecule has 7 heteroatoms. The summed E-state index contributed by atoms with van der Waals surface area (Å²) in [4.78, 5) is 11.1. The van der Waals surface area contributed by atoms with Crippen molar-refractivity contribution in [2.75, 3.05) is 11.9 Å². The maximum absolute atomic E-state index is 12.1. The van der Waals surface area contributed by atoms with Crippen molar-refractivity contribution in [3.8, 4) is 0 Å². The summed E-state index contributed by atoms with van der Waals surface area (Å²) in [6.45, 7) is 3.74. The van der Waals surface area contributed by atoms with Gasteiger partial charge in [0.25, 0.3) is 0 Å². The summed E-state index contributed by atoms with van der Waals surface area (Å²) in [7, 11) is -3.54. The molecule has 1 amide bonds. The average molecular weight is 299 g/mol. The molecule has 1 unspecified atom stereocenters. The zero-order chi connectivity index (χ0) is 15.2. The van der Waals surface area contributed by atoms with Crippen LogP contribution in [-0.4, -0.2) is 26.9 Å². The van der Waals surface area contributed by atoms with E-state index in [1.165, 1.54) is 19.1 Å². The van der Waals surface area contributed by atoms with Gasteiger partial charge in [0, 0.05) is 18.7 Å². The number of anilines is 1. The van der Waals surface area contributed by atoms with E-state index in [1.54, 1.807) is 19.1 Å². The minimum absolute atomic E-state index is 0.168. The quantitative estimate of drug-likeness (QED) is 0.700. The molecule has 0 fully saturated rings. The Morgan fingerprint density at radius 2 is 1.90 bits per heavy atom. The number of rotatable bonds is 7. The van der Waals surface area contributed by atoms with E-state index in [9.17, 15) is 13.2 Å². The van der Waals surface area contributed by atoms with E-state index in [1.807, 2.05) is 0 Å². The largest absolute Gasteiger partial charge is 0.330 e. The van der Waals surface area contributed by atoms with Crippen LogP contribution in [0.3, 0.4) is 0 Å².